The van der Waals surface area contributed by atoms with Crippen molar-refractivity contribution in [3.05, 3.63) is 126 Å². The number of methoxy groups -OCH3 is 1. The molecule has 5 aromatic rings. The van der Waals surface area contributed by atoms with Crippen LogP contribution in [-0.4, -0.2) is 28.6 Å². The molecular formula is C32H25FN6O. The summed E-state index contributed by atoms with van der Waals surface area (Å²) in [6.45, 7) is 1.95. The van der Waals surface area contributed by atoms with Gasteiger partial charge in [-0.2, -0.15) is 5.10 Å². The van der Waals surface area contributed by atoms with Crippen LogP contribution < -0.4 is 15.0 Å². The fourth-order valence-corrected chi connectivity index (χ4v) is 5.35. The zero-order valence-electron chi connectivity index (χ0n) is 21.9. The Hall–Kier alpha value is -5.24. The summed E-state index contributed by atoms with van der Waals surface area (Å²) >= 11 is 0. The number of nitrogens with one attached hydrogen (secondary N) is 1. The number of nitrogens with zero attached hydrogens (tertiary/aromatic N) is 5. The van der Waals surface area contributed by atoms with Gasteiger partial charge in [-0.15, -0.1) is 0 Å². The van der Waals surface area contributed by atoms with E-state index in [2.05, 4.69) is 10.2 Å². The van der Waals surface area contributed by atoms with E-state index in [4.69, 9.17) is 19.8 Å². The summed E-state index contributed by atoms with van der Waals surface area (Å²) in [5.41, 5.74) is 5.45. The van der Waals surface area contributed by atoms with Gasteiger partial charge in [-0.3, -0.25) is 0 Å². The lowest BCUT2D eigenvalue weighted by Gasteiger charge is -2.40. The van der Waals surface area contributed by atoms with Gasteiger partial charge in [-0.25, -0.2) is 19.1 Å². The van der Waals surface area contributed by atoms with Crippen molar-refractivity contribution in [3.63, 3.8) is 0 Å². The first-order chi connectivity index (χ1) is 19.6. The lowest BCUT2D eigenvalue weighted by Crippen LogP contribution is -2.46. The monoisotopic (exact) mass is 528 g/mol. The van der Waals surface area contributed by atoms with Crippen molar-refractivity contribution in [2.45, 2.75) is 13.0 Å². The Morgan fingerprint density at radius 2 is 1.55 bits per heavy atom. The molecule has 196 valence electrons. The fraction of sp³-hybridized carbons (Fsp3) is 0.0938. The van der Waals surface area contributed by atoms with E-state index < -0.39 is 6.04 Å². The van der Waals surface area contributed by atoms with Crippen LogP contribution in [0.1, 0.15) is 22.9 Å². The molecule has 1 atom stereocenters. The molecule has 0 amide bonds. The second kappa shape index (κ2) is 9.50. The van der Waals surface area contributed by atoms with E-state index in [-0.39, 0.29) is 5.82 Å². The van der Waals surface area contributed by atoms with E-state index in [9.17, 15) is 0 Å². The maximum absolute atomic E-state index is 15.6. The minimum atomic E-state index is -0.523. The first-order valence-corrected chi connectivity index (χ1v) is 13.0. The number of anilines is 2. The second-order valence-electron chi connectivity index (χ2n) is 9.60. The first-order valence-electron chi connectivity index (χ1n) is 13.0. The Bertz CT molecular complexity index is 1790. The molecule has 4 aromatic carbocycles. The molecule has 7 rings (SSSR count). The van der Waals surface area contributed by atoms with Gasteiger partial charge in [0.2, 0.25) is 0 Å². The molecule has 2 aliphatic rings. The molecule has 1 unspecified atom stereocenters. The van der Waals surface area contributed by atoms with Gasteiger partial charge in [0.25, 0.3) is 0 Å². The van der Waals surface area contributed by atoms with Crippen molar-refractivity contribution < 1.29 is 9.13 Å². The van der Waals surface area contributed by atoms with Crippen LogP contribution in [-0.2, 0) is 0 Å². The Morgan fingerprint density at radius 3 is 2.33 bits per heavy atom. The van der Waals surface area contributed by atoms with Crippen molar-refractivity contribution in [3.8, 4) is 11.4 Å². The van der Waals surface area contributed by atoms with Gasteiger partial charge in [-0.05, 0) is 61.5 Å². The Labute approximate surface area is 230 Å². The number of aryl methyl sites for hydroxylation is 1. The topological polar surface area (TPSA) is 67.0 Å². The molecule has 0 radical (unpaired) electrons. The van der Waals surface area contributed by atoms with Gasteiger partial charge in [0, 0.05) is 16.8 Å². The van der Waals surface area contributed by atoms with Crippen molar-refractivity contribution >= 4 is 34.6 Å². The van der Waals surface area contributed by atoms with Crippen LogP contribution in [0.2, 0.25) is 0 Å². The molecule has 3 heterocycles. The summed E-state index contributed by atoms with van der Waals surface area (Å²) in [7, 11) is 1.64. The van der Waals surface area contributed by atoms with Crippen LogP contribution in [0.25, 0.3) is 5.69 Å². The molecule has 2 aliphatic heterocycles. The summed E-state index contributed by atoms with van der Waals surface area (Å²) in [5, 5.41) is 8.35. The molecule has 0 saturated carbocycles. The molecule has 0 spiro atoms. The van der Waals surface area contributed by atoms with Crippen molar-refractivity contribution in [2.24, 2.45) is 9.98 Å². The number of aliphatic imine (C=N–C) groups is 2. The number of rotatable bonds is 4. The highest BCUT2D eigenvalue weighted by Gasteiger charge is 2.42. The van der Waals surface area contributed by atoms with Crippen LogP contribution in [0.4, 0.5) is 27.3 Å². The van der Waals surface area contributed by atoms with Gasteiger partial charge >= 0.3 is 0 Å². The van der Waals surface area contributed by atoms with Crippen LogP contribution in [0.5, 0.6) is 5.75 Å². The number of halogens is 1. The largest absolute Gasteiger partial charge is 0.497 e. The van der Waals surface area contributed by atoms with Gasteiger partial charge in [0.15, 0.2) is 17.5 Å². The molecule has 0 bridgehead atoms. The molecule has 0 aliphatic carbocycles. The van der Waals surface area contributed by atoms with Crippen molar-refractivity contribution in [1.29, 1.82) is 0 Å². The van der Waals surface area contributed by atoms with E-state index >= 15 is 4.39 Å². The average Bonchev–Trinajstić information content (AvgIpc) is 3.33. The predicted molar refractivity (Wildman–Crippen MR) is 156 cm³/mol. The number of amidine groups is 2. The molecule has 8 heteroatoms. The standard InChI is InChI=1S/C32H25FN6O/c1-20-28-29(24-12-6-7-13-25(24)33)38-27-15-9-8-14-26(27)35-30(34-21-16-18-23(40-2)19-17-21)32(38)36-31(28)39(37-20)22-10-4-3-5-11-22/h3-19,29H,1-2H3,(H,34,35). The summed E-state index contributed by atoms with van der Waals surface area (Å²) in [6.07, 6.45) is 0. The van der Waals surface area contributed by atoms with E-state index in [1.54, 1.807) is 13.2 Å². The maximum Gasteiger partial charge on any atom is 0.179 e. The van der Waals surface area contributed by atoms with Gasteiger partial charge in [0.1, 0.15) is 11.6 Å². The number of aromatic nitrogens is 2. The number of benzene rings is 4. The molecular weight excluding hydrogens is 503 g/mol. The zero-order valence-corrected chi connectivity index (χ0v) is 21.9. The van der Waals surface area contributed by atoms with Gasteiger partial charge in [-0.1, -0.05) is 48.5 Å². The van der Waals surface area contributed by atoms with Gasteiger partial charge < -0.3 is 15.0 Å². The number of fused-ring (bicyclic) bond motifs is 4. The maximum atomic E-state index is 15.6. The third kappa shape index (κ3) is 3.84. The van der Waals surface area contributed by atoms with Gasteiger partial charge in [0.05, 0.1) is 35.9 Å². The lowest BCUT2D eigenvalue weighted by molar-refractivity contribution is 0.415. The Kier molecular flexibility index (Phi) is 5.66. The van der Waals surface area contributed by atoms with E-state index in [1.165, 1.54) is 6.07 Å². The molecule has 1 aromatic heterocycles. The highest BCUT2D eigenvalue weighted by atomic mass is 19.1. The third-order valence-electron chi connectivity index (χ3n) is 7.19. The minimum Gasteiger partial charge on any atom is -0.497 e. The van der Waals surface area contributed by atoms with E-state index in [0.717, 1.165) is 39.8 Å². The summed E-state index contributed by atoms with van der Waals surface area (Å²) in [6, 6.07) is 31.7. The molecule has 0 fully saturated rings. The van der Waals surface area contributed by atoms with Crippen LogP contribution in [0, 0.1) is 12.7 Å². The smallest absolute Gasteiger partial charge is 0.179 e. The average molecular weight is 529 g/mol. The fourth-order valence-electron chi connectivity index (χ4n) is 5.35. The zero-order chi connectivity index (χ0) is 27.2. The van der Waals surface area contributed by atoms with E-state index in [0.29, 0.717) is 23.1 Å². The summed E-state index contributed by atoms with van der Waals surface area (Å²) < 4.78 is 22.8. The Balaban J connectivity index is 1.49. The number of hydrogen-bond donors (Lipinski definition) is 1. The highest BCUT2D eigenvalue weighted by molar-refractivity contribution is 6.51. The van der Waals surface area contributed by atoms with Crippen LogP contribution in [0.15, 0.2) is 113 Å². The quantitative estimate of drug-likeness (QED) is 0.270. The second-order valence-corrected chi connectivity index (χ2v) is 9.60. The molecule has 1 N–H and O–H groups in total. The van der Waals surface area contributed by atoms with Crippen LogP contribution >= 0.6 is 0 Å². The number of para-hydroxylation sites is 3. The molecule has 0 saturated heterocycles. The van der Waals surface area contributed by atoms with Crippen molar-refractivity contribution in [1.82, 2.24) is 9.78 Å². The number of ether oxygens (including phenoxy) is 1. The number of hydrogen-bond acceptors (Lipinski definition) is 6. The van der Waals surface area contributed by atoms with Crippen molar-refractivity contribution in [2.75, 3.05) is 17.3 Å². The highest BCUT2D eigenvalue weighted by Crippen LogP contribution is 2.48. The predicted octanol–water partition coefficient (Wildman–Crippen LogP) is 7.12. The lowest BCUT2D eigenvalue weighted by atomic mass is 9.93. The third-order valence-corrected chi connectivity index (χ3v) is 7.19. The molecule has 40 heavy (non-hydrogen) atoms. The SMILES string of the molecule is COc1ccc(NC2=Nc3ccccc3N3C2=Nc2c(c(C)nn2-c2ccccc2)C3c2ccccc2F)cc1. The minimum absolute atomic E-state index is 0.295. The van der Waals surface area contributed by atoms with E-state index in [1.807, 2.05) is 103 Å². The first kappa shape index (κ1) is 23.8. The summed E-state index contributed by atoms with van der Waals surface area (Å²) in [5.74, 6) is 2.23. The van der Waals surface area contributed by atoms with Crippen LogP contribution in [0.3, 0.4) is 0 Å². The summed E-state index contributed by atoms with van der Waals surface area (Å²) in [4.78, 5) is 12.2. The Morgan fingerprint density at radius 1 is 0.825 bits per heavy atom. The molecule has 7 nitrogen and oxygen atoms in total. The normalized spacial score (nSPS) is 15.4.